The Morgan fingerprint density at radius 3 is 2.47 bits per heavy atom. The van der Waals surface area contributed by atoms with Crippen LogP contribution in [0.5, 0.6) is 0 Å². The molecule has 1 aromatic carbocycles. The predicted octanol–water partition coefficient (Wildman–Crippen LogP) is 2.48. The summed E-state index contributed by atoms with van der Waals surface area (Å²) in [6, 6.07) is 13.2. The molecule has 7 nitrogen and oxygen atoms in total. The SMILES string of the molecule is O=C(CN1CCC(NC(=O)CCCNC(=O)c2cccs2)CC1)Nc1ccccc1. The third-order valence-electron chi connectivity index (χ3n) is 4.99. The summed E-state index contributed by atoms with van der Waals surface area (Å²) in [6.07, 6.45) is 2.67. The largest absolute Gasteiger partial charge is 0.353 e. The fourth-order valence-electron chi connectivity index (χ4n) is 3.41. The Morgan fingerprint density at radius 2 is 1.77 bits per heavy atom. The summed E-state index contributed by atoms with van der Waals surface area (Å²) in [7, 11) is 0. The number of rotatable bonds is 9. The molecule has 1 aliphatic heterocycles. The number of benzene rings is 1. The Kier molecular flexibility index (Phi) is 8.41. The lowest BCUT2D eigenvalue weighted by atomic mass is 10.0. The van der Waals surface area contributed by atoms with Gasteiger partial charge in [-0.3, -0.25) is 19.3 Å². The summed E-state index contributed by atoms with van der Waals surface area (Å²) >= 11 is 1.40. The molecule has 3 N–H and O–H groups in total. The van der Waals surface area contributed by atoms with E-state index < -0.39 is 0 Å². The Hall–Kier alpha value is -2.71. The van der Waals surface area contributed by atoms with Gasteiger partial charge < -0.3 is 16.0 Å². The number of carbonyl (C=O) groups is 3. The number of nitrogens with zero attached hydrogens (tertiary/aromatic N) is 1. The van der Waals surface area contributed by atoms with Gasteiger partial charge >= 0.3 is 0 Å². The Morgan fingerprint density at radius 1 is 1.00 bits per heavy atom. The standard InChI is InChI=1S/C22H28N4O3S/c27-20(9-4-12-23-22(29)19-8-5-15-30-19)24-18-10-13-26(14-11-18)16-21(28)25-17-6-2-1-3-7-17/h1-3,5-8,15,18H,4,9-14,16H2,(H,23,29)(H,24,27)(H,25,28). The number of anilines is 1. The van der Waals surface area contributed by atoms with Gasteiger partial charge in [-0.2, -0.15) is 0 Å². The molecule has 0 unspecified atom stereocenters. The molecule has 0 atom stereocenters. The fraction of sp³-hybridized carbons (Fsp3) is 0.409. The third kappa shape index (κ3) is 7.27. The molecule has 3 amide bonds. The van der Waals surface area contributed by atoms with E-state index in [9.17, 15) is 14.4 Å². The van der Waals surface area contributed by atoms with E-state index >= 15 is 0 Å². The molecular weight excluding hydrogens is 400 g/mol. The van der Waals surface area contributed by atoms with Gasteiger partial charge in [-0.25, -0.2) is 0 Å². The van der Waals surface area contributed by atoms with Gasteiger partial charge in [0.15, 0.2) is 0 Å². The molecule has 8 heteroatoms. The van der Waals surface area contributed by atoms with Gasteiger partial charge in [-0.05, 0) is 42.8 Å². The van der Waals surface area contributed by atoms with E-state index in [0.29, 0.717) is 30.8 Å². The minimum absolute atomic E-state index is 0.0145. The summed E-state index contributed by atoms with van der Waals surface area (Å²) in [6.45, 7) is 2.41. The van der Waals surface area contributed by atoms with E-state index in [4.69, 9.17) is 0 Å². The van der Waals surface area contributed by atoms with Crippen LogP contribution in [0.3, 0.4) is 0 Å². The van der Waals surface area contributed by atoms with Crippen LogP contribution in [-0.4, -0.2) is 54.8 Å². The van der Waals surface area contributed by atoms with Crippen molar-refractivity contribution in [1.82, 2.24) is 15.5 Å². The van der Waals surface area contributed by atoms with E-state index in [2.05, 4.69) is 20.9 Å². The van der Waals surface area contributed by atoms with E-state index in [-0.39, 0.29) is 23.8 Å². The second-order valence-electron chi connectivity index (χ2n) is 7.37. The highest BCUT2D eigenvalue weighted by Crippen LogP contribution is 2.12. The molecule has 0 spiro atoms. The lowest BCUT2D eigenvalue weighted by Gasteiger charge is -2.31. The van der Waals surface area contributed by atoms with Crippen molar-refractivity contribution >= 4 is 34.7 Å². The fourth-order valence-corrected chi connectivity index (χ4v) is 4.05. The first-order valence-corrected chi connectivity index (χ1v) is 11.2. The Bertz CT molecular complexity index is 818. The van der Waals surface area contributed by atoms with Gasteiger partial charge in [0.05, 0.1) is 11.4 Å². The van der Waals surface area contributed by atoms with Gasteiger partial charge in [0.2, 0.25) is 11.8 Å². The van der Waals surface area contributed by atoms with Crippen molar-refractivity contribution in [3.63, 3.8) is 0 Å². The lowest BCUT2D eigenvalue weighted by molar-refractivity contribution is -0.122. The number of thiophene rings is 1. The van der Waals surface area contributed by atoms with Gasteiger partial charge in [0, 0.05) is 37.8 Å². The Labute approximate surface area is 180 Å². The Balaban J connectivity index is 1.26. The predicted molar refractivity (Wildman–Crippen MR) is 119 cm³/mol. The highest BCUT2D eigenvalue weighted by atomic mass is 32.1. The zero-order valence-electron chi connectivity index (χ0n) is 16.9. The van der Waals surface area contributed by atoms with Crippen molar-refractivity contribution in [2.75, 3.05) is 31.5 Å². The molecule has 30 heavy (non-hydrogen) atoms. The third-order valence-corrected chi connectivity index (χ3v) is 5.86. The molecule has 2 aromatic rings. The van der Waals surface area contributed by atoms with E-state index in [1.54, 1.807) is 6.07 Å². The van der Waals surface area contributed by atoms with E-state index in [1.807, 2.05) is 41.8 Å². The minimum Gasteiger partial charge on any atom is -0.353 e. The van der Waals surface area contributed by atoms with Gasteiger partial charge in [0.1, 0.15) is 0 Å². The van der Waals surface area contributed by atoms with Crippen LogP contribution < -0.4 is 16.0 Å². The zero-order valence-corrected chi connectivity index (χ0v) is 17.7. The number of amides is 3. The first-order chi connectivity index (χ1) is 14.6. The summed E-state index contributed by atoms with van der Waals surface area (Å²) in [4.78, 5) is 38.9. The highest BCUT2D eigenvalue weighted by molar-refractivity contribution is 7.12. The van der Waals surface area contributed by atoms with Crippen molar-refractivity contribution in [2.45, 2.75) is 31.7 Å². The molecular formula is C22H28N4O3S. The first-order valence-electron chi connectivity index (χ1n) is 10.3. The van der Waals surface area contributed by atoms with Gasteiger partial charge in [-0.15, -0.1) is 11.3 Å². The molecule has 0 radical (unpaired) electrons. The molecule has 0 bridgehead atoms. The molecule has 0 saturated carbocycles. The number of nitrogens with one attached hydrogen (secondary N) is 3. The van der Waals surface area contributed by atoms with Crippen LogP contribution in [-0.2, 0) is 9.59 Å². The second-order valence-corrected chi connectivity index (χ2v) is 8.32. The van der Waals surface area contributed by atoms with Gasteiger partial charge in [0.25, 0.3) is 5.91 Å². The molecule has 2 heterocycles. The average Bonchev–Trinajstić information content (AvgIpc) is 3.28. The lowest BCUT2D eigenvalue weighted by Crippen LogP contribution is -2.46. The molecule has 1 aliphatic rings. The minimum atomic E-state index is -0.0888. The average molecular weight is 429 g/mol. The second kappa shape index (κ2) is 11.5. The quantitative estimate of drug-likeness (QED) is 0.535. The number of hydrogen-bond acceptors (Lipinski definition) is 5. The van der Waals surface area contributed by atoms with Crippen LogP contribution in [0.1, 0.15) is 35.4 Å². The summed E-state index contributed by atoms with van der Waals surface area (Å²) in [5.41, 5.74) is 0.802. The van der Waals surface area contributed by atoms with Gasteiger partial charge in [-0.1, -0.05) is 24.3 Å². The van der Waals surface area contributed by atoms with Crippen LogP contribution >= 0.6 is 11.3 Å². The summed E-state index contributed by atoms with van der Waals surface area (Å²) in [5.74, 6) is -0.0944. The van der Waals surface area contributed by atoms with Crippen LogP contribution in [0.15, 0.2) is 47.8 Å². The van der Waals surface area contributed by atoms with Crippen molar-refractivity contribution in [3.8, 4) is 0 Å². The zero-order chi connectivity index (χ0) is 21.2. The highest BCUT2D eigenvalue weighted by Gasteiger charge is 2.22. The number of para-hydroxylation sites is 1. The molecule has 0 aliphatic carbocycles. The number of carbonyl (C=O) groups excluding carboxylic acids is 3. The maximum absolute atomic E-state index is 12.2. The van der Waals surface area contributed by atoms with Crippen molar-refractivity contribution in [3.05, 3.63) is 52.7 Å². The first kappa shape index (κ1) is 22.0. The monoisotopic (exact) mass is 428 g/mol. The molecule has 1 fully saturated rings. The maximum atomic E-state index is 12.2. The summed E-state index contributed by atoms with van der Waals surface area (Å²) in [5, 5.41) is 10.7. The van der Waals surface area contributed by atoms with Crippen molar-refractivity contribution < 1.29 is 14.4 Å². The number of hydrogen-bond donors (Lipinski definition) is 3. The van der Waals surface area contributed by atoms with Crippen LogP contribution in [0.2, 0.25) is 0 Å². The van der Waals surface area contributed by atoms with Crippen LogP contribution in [0, 0.1) is 0 Å². The molecule has 1 saturated heterocycles. The van der Waals surface area contributed by atoms with Crippen LogP contribution in [0.4, 0.5) is 5.69 Å². The molecule has 1 aromatic heterocycles. The van der Waals surface area contributed by atoms with Crippen molar-refractivity contribution in [2.24, 2.45) is 0 Å². The smallest absolute Gasteiger partial charge is 0.261 e. The van der Waals surface area contributed by atoms with E-state index in [1.165, 1.54) is 11.3 Å². The summed E-state index contributed by atoms with van der Waals surface area (Å²) < 4.78 is 0. The van der Waals surface area contributed by atoms with Crippen LogP contribution in [0.25, 0.3) is 0 Å². The number of likely N-dealkylation sites (tertiary alicyclic amines) is 1. The van der Waals surface area contributed by atoms with E-state index in [0.717, 1.165) is 31.6 Å². The maximum Gasteiger partial charge on any atom is 0.261 e. The topological polar surface area (TPSA) is 90.5 Å². The van der Waals surface area contributed by atoms with Crippen molar-refractivity contribution in [1.29, 1.82) is 0 Å². The molecule has 3 rings (SSSR count). The normalized spacial score (nSPS) is 14.8. The molecule has 160 valence electrons. The number of piperidine rings is 1.